The van der Waals surface area contributed by atoms with E-state index in [1.54, 1.807) is 0 Å². The van der Waals surface area contributed by atoms with E-state index in [-0.39, 0.29) is 16.0 Å². The lowest BCUT2D eigenvalue weighted by Crippen LogP contribution is -2.24. The maximum absolute atomic E-state index is 15.4. The number of aromatic nitrogens is 2. The van der Waals surface area contributed by atoms with Gasteiger partial charge >= 0.3 is 6.09 Å². The van der Waals surface area contributed by atoms with Crippen molar-refractivity contribution in [3.05, 3.63) is 71.7 Å². The van der Waals surface area contributed by atoms with Gasteiger partial charge in [0.15, 0.2) is 15.7 Å². The molecule has 0 aliphatic rings. The van der Waals surface area contributed by atoms with Gasteiger partial charge in [-0.25, -0.2) is 35.0 Å². The van der Waals surface area contributed by atoms with Crippen LogP contribution in [0.2, 0.25) is 0 Å². The summed E-state index contributed by atoms with van der Waals surface area (Å²) in [6.45, 7) is -0.507. The third-order valence-corrected chi connectivity index (χ3v) is 7.13. The zero-order valence-corrected chi connectivity index (χ0v) is 19.1. The van der Waals surface area contributed by atoms with Gasteiger partial charge in [0.1, 0.15) is 5.69 Å². The van der Waals surface area contributed by atoms with Crippen LogP contribution in [-0.4, -0.2) is 55.2 Å². The van der Waals surface area contributed by atoms with Gasteiger partial charge in [0.05, 0.1) is 22.8 Å². The zero-order chi connectivity index (χ0) is 24.6. The van der Waals surface area contributed by atoms with Crippen molar-refractivity contribution in [1.82, 2.24) is 13.9 Å². The number of pyridine rings is 1. The minimum absolute atomic E-state index is 0.186. The van der Waals surface area contributed by atoms with E-state index in [2.05, 4.69) is 4.98 Å². The number of hydrogen-bond acceptors (Lipinski definition) is 6. The molecule has 1 N–H and O–H groups in total. The number of hydrogen-bond donors (Lipinski definition) is 1. The lowest BCUT2D eigenvalue weighted by atomic mass is 10.2. The summed E-state index contributed by atoms with van der Waals surface area (Å²) in [6, 6.07) is 7.49. The molecule has 9 nitrogen and oxygen atoms in total. The standard InChI is InChI=1S/C20H19F2N3O6S2/c1-24(20(26)27)10-14-11-25(18(17(14)21)16-7-4-8-23-19(16)22)33(30,31)15-6-3-5-13(9-15)12-32(2,28)29/h3-9,11H,10,12H2,1-2H3,(H,26,27). The van der Waals surface area contributed by atoms with Crippen LogP contribution >= 0.6 is 0 Å². The van der Waals surface area contributed by atoms with Gasteiger partial charge in [-0.1, -0.05) is 12.1 Å². The zero-order valence-electron chi connectivity index (χ0n) is 17.4. The number of rotatable bonds is 7. The van der Waals surface area contributed by atoms with Gasteiger partial charge in [0, 0.05) is 31.3 Å². The van der Waals surface area contributed by atoms with Crippen molar-refractivity contribution in [3.63, 3.8) is 0 Å². The Bertz CT molecular complexity index is 1440. The van der Waals surface area contributed by atoms with E-state index in [9.17, 15) is 26.0 Å². The lowest BCUT2D eigenvalue weighted by Gasteiger charge is -2.12. The van der Waals surface area contributed by atoms with Crippen LogP contribution in [0, 0.1) is 11.8 Å². The Morgan fingerprint density at radius 1 is 1.15 bits per heavy atom. The van der Waals surface area contributed by atoms with Crippen LogP contribution in [-0.2, 0) is 32.2 Å². The van der Waals surface area contributed by atoms with Gasteiger partial charge in [-0.15, -0.1) is 0 Å². The average Bonchev–Trinajstić information content (AvgIpc) is 3.04. The molecule has 33 heavy (non-hydrogen) atoms. The molecule has 3 rings (SSSR count). The quantitative estimate of drug-likeness (QED) is 0.495. The maximum atomic E-state index is 15.4. The van der Waals surface area contributed by atoms with Crippen LogP contribution in [0.1, 0.15) is 11.1 Å². The van der Waals surface area contributed by atoms with Crippen LogP contribution in [0.15, 0.2) is 53.7 Å². The predicted molar refractivity (Wildman–Crippen MR) is 115 cm³/mol. The minimum atomic E-state index is -4.55. The largest absolute Gasteiger partial charge is 0.465 e. The first-order chi connectivity index (χ1) is 15.3. The third kappa shape index (κ3) is 5.20. The Balaban J connectivity index is 2.24. The van der Waals surface area contributed by atoms with Crippen molar-refractivity contribution in [2.75, 3.05) is 13.3 Å². The second-order valence-corrected chi connectivity index (χ2v) is 11.3. The first kappa shape index (κ1) is 24.3. The molecule has 0 unspecified atom stereocenters. The molecule has 0 spiro atoms. The summed E-state index contributed by atoms with van der Waals surface area (Å²) in [4.78, 5) is 15.0. The van der Waals surface area contributed by atoms with Gasteiger partial charge in [-0.3, -0.25) is 0 Å². The van der Waals surface area contributed by atoms with Crippen LogP contribution < -0.4 is 0 Å². The molecule has 0 aliphatic carbocycles. The van der Waals surface area contributed by atoms with Gasteiger partial charge in [-0.05, 0) is 29.8 Å². The smallest absolute Gasteiger partial charge is 0.407 e. The molecule has 1 aromatic carbocycles. The molecule has 0 bridgehead atoms. The molecular formula is C20H19F2N3O6S2. The molecule has 3 aromatic rings. The van der Waals surface area contributed by atoms with Crippen LogP contribution in [0.3, 0.4) is 0 Å². The SMILES string of the molecule is CN(Cc1cn(S(=O)(=O)c2cccc(CS(C)(=O)=O)c2)c(-c2cccnc2F)c1F)C(=O)O. The maximum Gasteiger partial charge on any atom is 0.407 e. The molecule has 13 heteroatoms. The van der Waals surface area contributed by atoms with E-state index in [4.69, 9.17) is 5.11 Å². The Kier molecular flexibility index (Phi) is 6.56. The average molecular weight is 500 g/mol. The van der Waals surface area contributed by atoms with Crippen molar-refractivity contribution in [1.29, 1.82) is 0 Å². The number of amides is 1. The molecule has 1 amide bonds. The number of carboxylic acid groups (broad SMARTS) is 1. The number of benzene rings is 1. The van der Waals surface area contributed by atoms with Crippen molar-refractivity contribution in [2.24, 2.45) is 0 Å². The molecule has 0 radical (unpaired) electrons. The monoisotopic (exact) mass is 499 g/mol. The fourth-order valence-electron chi connectivity index (χ4n) is 3.15. The number of nitrogens with zero attached hydrogens (tertiary/aromatic N) is 3. The van der Waals surface area contributed by atoms with E-state index in [1.165, 1.54) is 24.3 Å². The number of sulfone groups is 1. The highest BCUT2D eigenvalue weighted by molar-refractivity contribution is 7.90. The van der Waals surface area contributed by atoms with Crippen molar-refractivity contribution in [2.45, 2.75) is 17.2 Å². The summed E-state index contributed by atoms with van der Waals surface area (Å²) in [5, 5.41) is 9.09. The molecule has 0 aliphatic heterocycles. The summed E-state index contributed by atoms with van der Waals surface area (Å²) in [5.74, 6) is -2.68. The van der Waals surface area contributed by atoms with Crippen molar-refractivity contribution in [3.8, 4) is 11.3 Å². The summed E-state index contributed by atoms with van der Waals surface area (Å²) in [5.41, 5.74) is -1.24. The van der Waals surface area contributed by atoms with E-state index in [1.807, 2.05) is 0 Å². The van der Waals surface area contributed by atoms with Crippen LogP contribution in [0.25, 0.3) is 11.3 Å². The fourth-order valence-corrected chi connectivity index (χ4v) is 5.39. The van der Waals surface area contributed by atoms with Gasteiger partial charge in [0.2, 0.25) is 5.95 Å². The van der Waals surface area contributed by atoms with E-state index < -0.39 is 61.3 Å². The first-order valence-electron chi connectivity index (χ1n) is 9.28. The van der Waals surface area contributed by atoms with Gasteiger partial charge in [-0.2, -0.15) is 4.39 Å². The van der Waals surface area contributed by atoms with Gasteiger partial charge < -0.3 is 10.0 Å². The van der Waals surface area contributed by atoms with Crippen LogP contribution in [0.5, 0.6) is 0 Å². The van der Waals surface area contributed by atoms with Gasteiger partial charge in [0.25, 0.3) is 10.0 Å². The van der Waals surface area contributed by atoms with Crippen LogP contribution in [0.4, 0.5) is 13.6 Å². The van der Waals surface area contributed by atoms with Crippen molar-refractivity contribution < 1.29 is 35.5 Å². The van der Waals surface area contributed by atoms with E-state index in [0.29, 0.717) is 3.97 Å². The summed E-state index contributed by atoms with van der Waals surface area (Å²) < 4.78 is 80.3. The minimum Gasteiger partial charge on any atom is -0.465 e. The Morgan fingerprint density at radius 3 is 2.45 bits per heavy atom. The van der Waals surface area contributed by atoms with E-state index >= 15 is 4.39 Å². The molecule has 2 heterocycles. The number of carbonyl (C=O) groups is 1. The normalized spacial score (nSPS) is 12.0. The lowest BCUT2D eigenvalue weighted by molar-refractivity contribution is 0.153. The molecule has 0 fully saturated rings. The third-order valence-electron chi connectivity index (χ3n) is 4.62. The summed E-state index contributed by atoms with van der Waals surface area (Å²) in [6.07, 6.45) is 1.58. The molecule has 0 saturated heterocycles. The van der Waals surface area contributed by atoms with Crippen molar-refractivity contribution >= 4 is 26.0 Å². The highest BCUT2D eigenvalue weighted by atomic mass is 32.2. The summed E-state index contributed by atoms with van der Waals surface area (Å²) in [7, 11) is -6.86. The topological polar surface area (TPSA) is 127 Å². The first-order valence-corrected chi connectivity index (χ1v) is 12.8. The molecule has 176 valence electrons. The second kappa shape index (κ2) is 8.90. The molecule has 2 aromatic heterocycles. The van der Waals surface area contributed by atoms with E-state index in [0.717, 1.165) is 42.7 Å². The Morgan fingerprint density at radius 2 is 1.85 bits per heavy atom. The molecule has 0 saturated carbocycles. The molecular weight excluding hydrogens is 480 g/mol. The number of halogens is 2. The Labute approximate surface area is 188 Å². The summed E-state index contributed by atoms with van der Waals surface area (Å²) >= 11 is 0. The second-order valence-electron chi connectivity index (χ2n) is 7.32. The highest BCUT2D eigenvalue weighted by Gasteiger charge is 2.29. The highest BCUT2D eigenvalue weighted by Crippen LogP contribution is 2.32. The predicted octanol–water partition coefficient (Wildman–Crippen LogP) is 2.72. The molecule has 0 atom stereocenters. The fraction of sp³-hybridized carbons (Fsp3) is 0.200. The Hall–Kier alpha value is -3.32.